The second-order valence-corrected chi connectivity index (χ2v) is 4.99. The first kappa shape index (κ1) is 13.6. The number of fused-ring (bicyclic) bond motifs is 1. The quantitative estimate of drug-likeness (QED) is 0.783. The van der Waals surface area contributed by atoms with Crippen LogP contribution < -0.4 is 15.4 Å². The van der Waals surface area contributed by atoms with Gasteiger partial charge in [-0.2, -0.15) is 5.10 Å². The molecule has 0 spiro atoms. The smallest absolute Gasteiger partial charge is 0.272 e. The van der Waals surface area contributed by atoms with Gasteiger partial charge in [0.05, 0.1) is 7.11 Å². The normalized spacial score (nSPS) is 13.6. The van der Waals surface area contributed by atoms with Gasteiger partial charge in [0.2, 0.25) is 0 Å². The van der Waals surface area contributed by atoms with Gasteiger partial charge in [0, 0.05) is 37.3 Å². The molecule has 0 aliphatic carbocycles. The Kier molecular flexibility index (Phi) is 3.87. The second kappa shape index (κ2) is 5.97. The minimum atomic E-state index is -0.146. The summed E-state index contributed by atoms with van der Waals surface area (Å²) in [7, 11) is 1.63. The number of hydrogen-bond acceptors (Lipinski definition) is 4. The van der Waals surface area contributed by atoms with Crippen molar-refractivity contribution >= 4 is 5.91 Å². The van der Waals surface area contributed by atoms with Crippen LogP contribution in [0.5, 0.6) is 5.75 Å². The van der Waals surface area contributed by atoms with E-state index in [1.165, 1.54) is 0 Å². The van der Waals surface area contributed by atoms with Gasteiger partial charge in [0.1, 0.15) is 5.75 Å². The summed E-state index contributed by atoms with van der Waals surface area (Å²) < 4.78 is 5.11. The molecule has 2 heterocycles. The maximum Gasteiger partial charge on any atom is 0.272 e. The van der Waals surface area contributed by atoms with E-state index in [2.05, 4.69) is 20.8 Å². The van der Waals surface area contributed by atoms with E-state index < -0.39 is 0 Å². The molecule has 1 aliphatic rings. The molecule has 1 amide bonds. The number of hydrogen-bond donors (Lipinski definition) is 3. The summed E-state index contributed by atoms with van der Waals surface area (Å²) in [4.78, 5) is 12.2. The summed E-state index contributed by atoms with van der Waals surface area (Å²) in [6.07, 6.45) is 0.883. The van der Waals surface area contributed by atoms with Crippen molar-refractivity contribution in [1.82, 2.24) is 20.8 Å². The highest BCUT2D eigenvalue weighted by Gasteiger charge is 2.21. The summed E-state index contributed by atoms with van der Waals surface area (Å²) in [6, 6.07) is 7.62. The second-order valence-electron chi connectivity index (χ2n) is 4.99. The van der Waals surface area contributed by atoms with Crippen LogP contribution in [-0.4, -0.2) is 29.8 Å². The fourth-order valence-corrected chi connectivity index (χ4v) is 2.42. The van der Waals surface area contributed by atoms with Gasteiger partial charge in [-0.25, -0.2) is 0 Å². The Balaban J connectivity index is 1.64. The fourth-order valence-electron chi connectivity index (χ4n) is 2.42. The van der Waals surface area contributed by atoms with Crippen LogP contribution >= 0.6 is 0 Å². The number of rotatable bonds is 4. The fraction of sp³-hybridized carbons (Fsp3) is 0.333. The highest BCUT2D eigenvalue weighted by molar-refractivity contribution is 5.94. The molecule has 1 aromatic heterocycles. The first-order valence-corrected chi connectivity index (χ1v) is 6.96. The summed E-state index contributed by atoms with van der Waals surface area (Å²) in [5.41, 5.74) is 3.55. The largest absolute Gasteiger partial charge is 0.497 e. The van der Waals surface area contributed by atoms with Gasteiger partial charge >= 0.3 is 0 Å². The molecule has 0 radical (unpaired) electrons. The minimum absolute atomic E-state index is 0.146. The number of carbonyl (C=O) groups excluding carboxylic acids is 1. The Labute approximate surface area is 122 Å². The first-order valence-electron chi connectivity index (χ1n) is 6.96. The maximum atomic E-state index is 12.2. The zero-order valence-electron chi connectivity index (χ0n) is 11.9. The third-order valence-corrected chi connectivity index (χ3v) is 3.63. The molecule has 110 valence electrons. The SMILES string of the molecule is COc1ccc(CNC(=O)c2n[nH]c3c2CNCC3)cc1. The first-order chi connectivity index (χ1) is 10.3. The van der Waals surface area contributed by atoms with Gasteiger partial charge in [0.25, 0.3) is 5.91 Å². The predicted molar refractivity (Wildman–Crippen MR) is 78.2 cm³/mol. The van der Waals surface area contributed by atoms with Gasteiger partial charge < -0.3 is 15.4 Å². The summed E-state index contributed by atoms with van der Waals surface area (Å²) in [6.45, 7) is 2.08. The predicted octanol–water partition coefficient (Wildman–Crippen LogP) is 0.994. The maximum absolute atomic E-state index is 12.2. The van der Waals surface area contributed by atoms with Crippen LogP contribution in [0.3, 0.4) is 0 Å². The number of aromatic nitrogens is 2. The molecule has 6 nitrogen and oxygen atoms in total. The van der Waals surface area contributed by atoms with Crippen molar-refractivity contribution in [2.75, 3.05) is 13.7 Å². The molecule has 6 heteroatoms. The van der Waals surface area contributed by atoms with Gasteiger partial charge in [-0.1, -0.05) is 12.1 Å². The Hall–Kier alpha value is -2.34. The van der Waals surface area contributed by atoms with E-state index >= 15 is 0 Å². The third kappa shape index (κ3) is 2.90. The number of nitrogens with one attached hydrogen (secondary N) is 3. The van der Waals surface area contributed by atoms with Crippen molar-refractivity contribution in [3.8, 4) is 5.75 Å². The number of aromatic amines is 1. The lowest BCUT2D eigenvalue weighted by atomic mass is 10.1. The molecular weight excluding hydrogens is 268 g/mol. The van der Waals surface area contributed by atoms with Crippen LogP contribution in [0, 0.1) is 0 Å². The Morgan fingerprint density at radius 1 is 1.38 bits per heavy atom. The molecule has 2 aromatic rings. The molecule has 0 bridgehead atoms. The van der Waals surface area contributed by atoms with E-state index in [1.807, 2.05) is 24.3 Å². The number of H-pyrrole nitrogens is 1. The standard InChI is InChI=1S/C15H18N4O2/c1-21-11-4-2-10(3-5-11)8-17-15(20)14-12-9-16-7-6-13(12)18-19-14/h2-5,16H,6-9H2,1H3,(H,17,20)(H,18,19). The van der Waals surface area contributed by atoms with Crippen molar-refractivity contribution in [3.05, 3.63) is 46.8 Å². The van der Waals surface area contributed by atoms with Crippen molar-refractivity contribution in [2.45, 2.75) is 19.5 Å². The van der Waals surface area contributed by atoms with Crippen LogP contribution in [0.2, 0.25) is 0 Å². The summed E-state index contributed by atoms with van der Waals surface area (Å²) >= 11 is 0. The van der Waals surface area contributed by atoms with Crippen LogP contribution in [0.1, 0.15) is 27.3 Å². The van der Waals surface area contributed by atoms with Crippen LogP contribution in [0.15, 0.2) is 24.3 Å². The number of benzene rings is 1. The molecule has 3 rings (SSSR count). The zero-order valence-corrected chi connectivity index (χ0v) is 11.9. The van der Waals surface area contributed by atoms with Crippen molar-refractivity contribution < 1.29 is 9.53 Å². The molecule has 3 N–H and O–H groups in total. The highest BCUT2D eigenvalue weighted by Crippen LogP contribution is 2.15. The Morgan fingerprint density at radius 2 is 2.19 bits per heavy atom. The number of methoxy groups -OCH3 is 1. The molecule has 0 saturated carbocycles. The molecule has 0 atom stereocenters. The van der Waals surface area contributed by atoms with Crippen molar-refractivity contribution in [2.24, 2.45) is 0 Å². The van der Waals surface area contributed by atoms with Crippen LogP contribution in [0.25, 0.3) is 0 Å². The molecule has 1 aliphatic heterocycles. The van der Waals surface area contributed by atoms with E-state index in [1.54, 1.807) is 7.11 Å². The molecule has 0 fully saturated rings. The lowest BCUT2D eigenvalue weighted by Crippen LogP contribution is -2.28. The van der Waals surface area contributed by atoms with Gasteiger partial charge in [-0.15, -0.1) is 0 Å². The molecule has 21 heavy (non-hydrogen) atoms. The number of carbonyl (C=O) groups is 1. The van der Waals surface area contributed by atoms with Crippen LogP contribution in [-0.2, 0) is 19.5 Å². The lowest BCUT2D eigenvalue weighted by Gasteiger charge is -2.12. The van der Waals surface area contributed by atoms with Crippen LogP contribution in [0.4, 0.5) is 0 Å². The van der Waals surface area contributed by atoms with Gasteiger partial charge in [-0.3, -0.25) is 9.89 Å². The monoisotopic (exact) mass is 286 g/mol. The lowest BCUT2D eigenvalue weighted by molar-refractivity contribution is 0.0944. The minimum Gasteiger partial charge on any atom is -0.497 e. The van der Waals surface area contributed by atoms with Gasteiger partial charge in [-0.05, 0) is 17.7 Å². The molecule has 0 saturated heterocycles. The average Bonchev–Trinajstić information content (AvgIpc) is 2.97. The van der Waals surface area contributed by atoms with E-state index in [0.717, 1.165) is 35.5 Å². The van der Waals surface area contributed by atoms with E-state index in [9.17, 15) is 4.79 Å². The molecular formula is C15H18N4O2. The molecule has 1 aromatic carbocycles. The highest BCUT2D eigenvalue weighted by atomic mass is 16.5. The summed E-state index contributed by atoms with van der Waals surface area (Å²) in [5.74, 6) is 0.657. The number of amides is 1. The summed E-state index contributed by atoms with van der Waals surface area (Å²) in [5, 5.41) is 13.2. The van der Waals surface area contributed by atoms with Gasteiger partial charge in [0.15, 0.2) is 5.69 Å². The topological polar surface area (TPSA) is 79.0 Å². The van der Waals surface area contributed by atoms with E-state index in [4.69, 9.17) is 4.74 Å². The number of ether oxygens (including phenoxy) is 1. The van der Waals surface area contributed by atoms with Crippen molar-refractivity contribution in [3.63, 3.8) is 0 Å². The zero-order chi connectivity index (χ0) is 14.7. The average molecular weight is 286 g/mol. The third-order valence-electron chi connectivity index (χ3n) is 3.63. The number of nitrogens with zero attached hydrogens (tertiary/aromatic N) is 1. The Bertz CT molecular complexity index is 634. The van der Waals surface area contributed by atoms with E-state index in [0.29, 0.717) is 18.8 Å². The molecule has 0 unspecified atom stereocenters. The Morgan fingerprint density at radius 3 is 2.95 bits per heavy atom. The van der Waals surface area contributed by atoms with Crippen molar-refractivity contribution in [1.29, 1.82) is 0 Å². The van der Waals surface area contributed by atoms with E-state index in [-0.39, 0.29) is 5.91 Å².